The maximum absolute atomic E-state index is 11.2. The molecule has 0 amide bonds. The lowest BCUT2D eigenvalue weighted by molar-refractivity contribution is 0.506. The van der Waals surface area contributed by atoms with Crippen LogP contribution in [0.3, 0.4) is 0 Å². The maximum atomic E-state index is 11.2. The van der Waals surface area contributed by atoms with E-state index in [1.54, 1.807) is 0 Å². The maximum Gasteiger partial charge on any atom is 0.147 e. The van der Waals surface area contributed by atoms with Gasteiger partial charge in [-0.1, -0.05) is 35.0 Å². The van der Waals surface area contributed by atoms with Gasteiger partial charge in [-0.2, -0.15) is 0 Å². The van der Waals surface area contributed by atoms with Crippen LogP contribution in [0.1, 0.15) is 18.9 Å². The molecule has 0 fully saturated rings. The van der Waals surface area contributed by atoms with E-state index in [1.165, 1.54) is 11.8 Å². The summed E-state index contributed by atoms with van der Waals surface area (Å²) >= 11 is 3.40. The molecule has 1 atom stereocenters. The van der Waals surface area contributed by atoms with Crippen LogP contribution in [0.4, 0.5) is 0 Å². The summed E-state index contributed by atoms with van der Waals surface area (Å²) in [6, 6.07) is 8.36. The Balaban J connectivity index is 2.59. The van der Waals surface area contributed by atoms with Gasteiger partial charge in [0.25, 0.3) is 0 Å². The Hall–Kier alpha value is -0.390. The van der Waals surface area contributed by atoms with Crippen molar-refractivity contribution in [2.45, 2.75) is 25.8 Å². The van der Waals surface area contributed by atoms with Crippen LogP contribution in [0.2, 0.25) is 0 Å². The first-order chi connectivity index (χ1) is 8.40. The van der Waals surface area contributed by atoms with Gasteiger partial charge in [0.05, 0.1) is 5.75 Å². The summed E-state index contributed by atoms with van der Waals surface area (Å²) in [5.74, 6) is 0.237. The second-order valence-corrected chi connectivity index (χ2v) is 7.68. The highest BCUT2D eigenvalue weighted by molar-refractivity contribution is 9.10. The summed E-state index contributed by atoms with van der Waals surface area (Å²) in [6.07, 6.45) is 2.80. The van der Waals surface area contributed by atoms with Gasteiger partial charge in [0.1, 0.15) is 9.84 Å². The molecule has 0 radical (unpaired) electrons. The molecule has 102 valence electrons. The molecule has 3 nitrogen and oxygen atoms in total. The van der Waals surface area contributed by atoms with Gasteiger partial charge < -0.3 is 5.32 Å². The normalized spacial score (nSPS) is 13.5. The van der Waals surface area contributed by atoms with Crippen LogP contribution in [-0.4, -0.2) is 33.0 Å². The molecule has 0 aliphatic heterocycles. The summed E-state index contributed by atoms with van der Waals surface area (Å²) in [7, 11) is -2.88. The van der Waals surface area contributed by atoms with Crippen LogP contribution in [0.5, 0.6) is 0 Å². The third-order valence-corrected chi connectivity index (χ3v) is 4.23. The van der Waals surface area contributed by atoms with Crippen LogP contribution < -0.4 is 5.32 Å². The van der Waals surface area contributed by atoms with Crippen molar-refractivity contribution in [3.8, 4) is 0 Å². The third-order valence-electron chi connectivity index (χ3n) is 2.73. The predicted octanol–water partition coefficient (Wildman–Crippen LogP) is 2.40. The van der Waals surface area contributed by atoms with Crippen molar-refractivity contribution in [1.29, 1.82) is 0 Å². The smallest absolute Gasteiger partial charge is 0.147 e. The molecule has 0 aliphatic rings. The molecule has 18 heavy (non-hydrogen) atoms. The fourth-order valence-electron chi connectivity index (χ4n) is 1.83. The number of hydrogen-bond acceptors (Lipinski definition) is 3. The van der Waals surface area contributed by atoms with Crippen molar-refractivity contribution >= 4 is 25.8 Å². The zero-order valence-electron chi connectivity index (χ0n) is 10.8. The number of likely N-dealkylation sites (N-methyl/N-ethyl adjacent to an activating group) is 1. The average molecular weight is 334 g/mol. The Morgan fingerprint density at radius 3 is 2.39 bits per heavy atom. The molecule has 5 heteroatoms. The van der Waals surface area contributed by atoms with Crippen molar-refractivity contribution in [3.05, 3.63) is 34.3 Å². The second kappa shape index (κ2) is 7.26. The van der Waals surface area contributed by atoms with Crippen LogP contribution in [0, 0.1) is 0 Å². The number of hydrogen-bond donors (Lipinski definition) is 1. The standard InChI is InChI=1S/C13H20BrNO2S/c1-3-15-13(8-9-18(2,16)17)10-11-4-6-12(14)7-5-11/h4-7,13,15H,3,8-10H2,1-2H3. The minimum absolute atomic E-state index is 0.214. The summed E-state index contributed by atoms with van der Waals surface area (Å²) in [5.41, 5.74) is 1.22. The molecule has 0 aliphatic carbocycles. The van der Waals surface area contributed by atoms with Crippen LogP contribution >= 0.6 is 15.9 Å². The van der Waals surface area contributed by atoms with E-state index in [2.05, 4.69) is 33.4 Å². The fourth-order valence-corrected chi connectivity index (χ4v) is 2.80. The van der Waals surface area contributed by atoms with Crippen molar-refractivity contribution in [2.24, 2.45) is 0 Å². The van der Waals surface area contributed by atoms with Crippen molar-refractivity contribution in [1.82, 2.24) is 5.32 Å². The predicted molar refractivity (Wildman–Crippen MR) is 79.6 cm³/mol. The Bertz CT molecular complexity index is 456. The van der Waals surface area contributed by atoms with E-state index >= 15 is 0 Å². The zero-order chi connectivity index (χ0) is 13.6. The molecule has 0 bridgehead atoms. The van der Waals surface area contributed by atoms with Gasteiger partial charge in [-0.3, -0.25) is 0 Å². The lowest BCUT2D eigenvalue weighted by Crippen LogP contribution is -2.32. The number of nitrogens with one attached hydrogen (secondary N) is 1. The largest absolute Gasteiger partial charge is 0.314 e. The molecule has 1 N–H and O–H groups in total. The van der Waals surface area contributed by atoms with Gasteiger partial charge in [-0.05, 0) is 37.1 Å². The molecule has 0 spiro atoms. The lowest BCUT2D eigenvalue weighted by Gasteiger charge is -2.17. The van der Waals surface area contributed by atoms with E-state index in [4.69, 9.17) is 0 Å². The summed E-state index contributed by atoms with van der Waals surface area (Å²) < 4.78 is 23.5. The number of halogens is 1. The van der Waals surface area contributed by atoms with E-state index in [1.807, 2.05) is 19.1 Å². The number of sulfone groups is 1. The topological polar surface area (TPSA) is 46.2 Å². The summed E-state index contributed by atoms with van der Waals surface area (Å²) in [4.78, 5) is 0. The highest BCUT2D eigenvalue weighted by atomic mass is 79.9. The van der Waals surface area contributed by atoms with E-state index in [-0.39, 0.29) is 11.8 Å². The van der Waals surface area contributed by atoms with Crippen LogP contribution in [0.25, 0.3) is 0 Å². The molecule has 1 aromatic carbocycles. The first-order valence-electron chi connectivity index (χ1n) is 6.06. The average Bonchev–Trinajstić information content (AvgIpc) is 2.28. The Morgan fingerprint density at radius 1 is 1.28 bits per heavy atom. The molecule has 1 unspecified atom stereocenters. The Morgan fingerprint density at radius 2 is 1.89 bits per heavy atom. The molecular formula is C13H20BrNO2S. The molecule has 0 aromatic heterocycles. The quantitative estimate of drug-likeness (QED) is 0.833. The van der Waals surface area contributed by atoms with Gasteiger partial charge in [-0.15, -0.1) is 0 Å². The van der Waals surface area contributed by atoms with Crippen LogP contribution in [-0.2, 0) is 16.3 Å². The van der Waals surface area contributed by atoms with E-state index in [9.17, 15) is 8.42 Å². The zero-order valence-corrected chi connectivity index (χ0v) is 13.2. The minimum atomic E-state index is -2.88. The second-order valence-electron chi connectivity index (χ2n) is 4.50. The van der Waals surface area contributed by atoms with Crippen molar-refractivity contribution in [2.75, 3.05) is 18.6 Å². The molecule has 0 heterocycles. The molecule has 1 aromatic rings. The van der Waals surface area contributed by atoms with Gasteiger partial charge in [0.15, 0.2) is 0 Å². The van der Waals surface area contributed by atoms with E-state index in [0.717, 1.165) is 17.4 Å². The van der Waals surface area contributed by atoms with Gasteiger partial charge in [0.2, 0.25) is 0 Å². The summed E-state index contributed by atoms with van der Waals surface area (Å²) in [5, 5.41) is 3.34. The van der Waals surface area contributed by atoms with Gasteiger partial charge in [0, 0.05) is 16.8 Å². The molecular weight excluding hydrogens is 314 g/mol. The van der Waals surface area contributed by atoms with Crippen LogP contribution in [0.15, 0.2) is 28.7 Å². The lowest BCUT2D eigenvalue weighted by atomic mass is 10.0. The van der Waals surface area contributed by atoms with Gasteiger partial charge in [-0.25, -0.2) is 8.42 Å². The highest BCUT2D eigenvalue weighted by Crippen LogP contribution is 2.13. The first kappa shape index (κ1) is 15.7. The van der Waals surface area contributed by atoms with E-state index < -0.39 is 9.84 Å². The third kappa shape index (κ3) is 6.52. The summed E-state index contributed by atoms with van der Waals surface area (Å²) in [6.45, 7) is 2.89. The highest BCUT2D eigenvalue weighted by Gasteiger charge is 2.12. The number of benzene rings is 1. The molecule has 0 saturated carbocycles. The Labute approximate surface area is 118 Å². The van der Waals surface area contributed by atoms with Gasteiger partial charge >= 0.3 is 0 Å². The number of rotatable bonds is 7. The fraction of sp³-hybridized carbons (Fsp3) is 0.538. The minimum Gasteiger partial charge on any atom is -0.314 e. The van der Waals surface area contributed by atoms with E-state index in [0.29, 0.717) is 6.42 Å². The SMILES string of the molecule is CCNC(CCS(C)(=O)=O)Cc1ccc(Br)cc1. The Kier molecular flexibility index (Phi) is 6.32. The molecule has 1 rings (SSSR count). The molecule has 0 saturated heterocycles. The van der Waals surface area contributed by atoms with Crippen molar-refractivity contribution < 1.29 is 8.42 Å². The first-order valence-corrected chi connectivity index (χ1v) is 8.91. The monoisotopic (exact) mass is 333 g/mol. The van der Waals surface area contributed by atoms with Crippen molar-refractivity contribution in [3.63, 3.8) is 0 Å².